The lowest BCUT2D eigenvalue weighted by atomic mass is 10.1. The Kier molecular flexibility index (Phi) is 4.13. The van der Waals surface area contributed by atoms with E-state index < -0.39 is 21.2 Å². The van der Waals surface area contributed by atoms with Gasteiger partial charge in [0.1, 0.15) is 22.1 Å². The second-order valence-corrected chi connectivity index (χ2v) is 9.19. The van der Waals surface area contributed by atoms with Crippen molar-refractivity contribution in [1.29, 1.82) is 0 Å². The minimum atomic E-state index is -3.54. The molecule has 0 radical (unpaired) electrons. The Bertz CT molecular complexity index is 692. The first-order valence-corrected chi connectivity index (χ1v) is 9.14. The van der Waals surface area contributed by atoms with Gasteiger partial charge in [-0.3, -0.25) is 4.84 Å². The highest BCUT2D eigenvalue weighted by molar-refractivity contribution is 7.89. The van der Waals surface area contributed by atoms with Gasteiger partial charge in [0.15, 0.2) is 0 Å². The minimum absolute atomic E-state index is 0.123. The number of nitrogens with zero attached hydrogens (tertiary/aromatic N) is 3. The van der Waals surface area contributed by atoms with Crippen LogP contribution in [0.15, 0.2) is 10.4 Å². The molecule has 0 aliphatic carbocycles. The van der Waals surface area contributed by atoms with Crippen molar-refractivity contribution in [3.63, 3.8) is 0 Å². The number of hydrogen-bond acceptors (Lipinski definition) is 8. The SMILES string of the molecule is CN1C(NOC(C)(C)C)=N[C@](C)(c2nc(N)cs2)CS1(=O)=O. The fourth-order valence-corrected chi connectivity index (χ4v) is 4.20. The summed E-state index contributed by atoms with van der Waals surface area (Å²) in [4.78, 5) is 14.1. The smallest absolute Gasteiger partial charge is 0.240 e. The third kappa shape index (κ3) is 3.50. The zero-order valence-corrected chi connectivity index (χ0v) is 14.9. The topological polar surface area (TPSA) is 110 Å². The predicted molar refractivity (Wildman–Crippen MR) is 86.8 cm³/mol. The standard InChI is InChI=1S/C12H21N5O3S2/c1-11(2,3)20-16-10-15-12(4,7-22(18,19)17(10)5)9-14-8(13)6-21-9/h6H,7,13H2,1-5H3,(H,15,16)/t12-/m0/s1. The molecule has 0 fully saturated rings. The molecule has 8 nitrogen and oxygen atoms in total. The van der Waals surface area contributed by atoms with Gasteiger partial charge in [-0.15, -0.1) is 11.3 Å². The van der Waals surface area contributed by atoms with Crippen LogP contribution in [-0.2, 0) is 20.4 Å². The molecule has 0 amide bonds. The van der Waals surface area contributed by atoms with Crippen LogP contribution in [-0.4, -0.2) is 42.1 Å². The van der Waals surface area contributed by atoms with Crippen LogP contribution in [0.4, 0.5) is 5.82 Å². The van der Waals surface area contributed by atoms with E-state index in [9.17, 15) is 8.42 Å². The highest BCUT2D eigenvalue weighted by Gasteiger charge is 2.43. The number of nitrogen functional groups attached to an aromatic ring is 1. The van der Waals surface area contributed by atoms with E-state index in [2.05, 4.69) is 15.5 Å². The molecule has 1 aliphatic rings. The Morgan fingerprint density at radius 1 is 1.50 bits per heavy atom. The fraction of sp³-hybridized carbons (Fsp3) is 0.667. The first-order chi connectivity index (χ1) is 9.93. The molecule has 0 saturated heterocycles. The molecule has 3 N–H and O–H groups in total. The summed E-state index contributed by atoms with van der Waals surface area (Å²) in [7, 11) is -2.11. The number of rotatable bonds is 2. The van der Waals surface area contributed by atoms with Gasteiger partial charge in [0.05, 0.1) is 5.60 Å². The van der Waals surface area contributed by atoms with Crippen molar-refractivity contribution in [2.45, 2.75) is 38.8 Å². The molecule has 0 spiro atoms. The predicted octanol–water partition coefficient (Wildman–Crippen LogP) is 0.891. The van der Waals surface area contributed by atoms with Gasteiger partial charge in [0.2, 0.25) is 16.0 Å². The number of thiazole rings is 1. The molecule has 0 saturated carbocycles. The van der Waals surface area contributed by atoms with Crippen molar-refractivity contribution < 1.29 is 13.3 Å². The lowest BCUT2D eigenvalue weighted by molar-refractivity contribution is -0.0458. The van der Waals surface area contributed by atoms with E-state index in [4.69, 9.17) is 10.6 Å². The van der Waals surface area contributed by atoms with E-state index in [0.29, 0.717) is 10.8 Å². The monoisotopic (exact) mass is 347 g/mol. The summed E-state index contributed by atoms with van der Waals surface area (Å²) in [5.74, 6) is 0.301. The maximum Gasteiger partial charge on any atom is 0.240 e. The van der Waals surface area contributed by atoms with Crippen LogP contribution >= 0.6 is 11.3 Å². The molecule has 1 aromatic rings. The van der Waals surface area contributed by atoms with Crippen molar-refractivity contribution >= 4 is 33.1 Å². The summed E-state index contributed by atoms with van der Waals surface area (Å²) >= 11 is 1.29. The molecule has 124 valence electrons. The molecule has 2 heterocycles. The van der Waals surface area contributed by atoms with Gasteiger partial charge in [-0.25, -0.2) is 28.2 Å². The number of guanidine groups is 1. The maximum atomic E-state index is 12.4. The number of anilines is 1. The largest absolute Gasteiger partial charge is 0.383 e. The van der Waals surface area contributed by atoms with Crippen molar-refractivity contribution in [2.24, 2.45) is 4.99 Å². The summed E-state index contributed by atoms with van der Waals surface area (Å²) in [5, 5.41) is 2.22. The van der Waals surface area contributed by atoms with Gasteiger partial charge in [0.25, 0.3) is 0 Å². The van der Waals surface area contributed by atoms with Crippen LogP contribution in [0.2, 0.25) is 0 Å². The van der Waals surface area contributed by atoms with E-state index in [0.717, 1.165) is 4.31 Å². The number of hydrogen-bond donors (Lipinski definition) is 2. The number of sulfonamides is 1. The quantitative estimate of drug-likeness (QED) is 0.769. The van der Waals surface area contributed by atoms with Crippen molar-refractivity contribution in [3.05, 3.63) is 10.4 Å². The highest BCUT2D eigenvalue weighted by Crippen LogP contribution is 2.34. The summed E-state index contributed by atoms with van der Waals surface area (Å²) in [6.07, 6.45) is 0. The first kappa shape index (κ1) is 17.0. The van der Waals surface area contributed by atoms with Crippen molar-refractivity contribution in [1.82, 2.24) is 14.8 Å². The van der Waals surface area contributed by atoms with Crippen LogP contribution in [0.5, 0.6) is 0 Å². The number of aliphatic imine (C=N–C) groups is 1. The van der Waals surface area contributed by atoms with Crippen LogP contribution in [0.25, 0.3) is 0 Å². The minimum Gasteiger partial charge on any atom is -0.383 e. The molecule has 2 rings (SSSR count). The number of nitrogens with two attached hydrogens (primary N) is 1. The number of aromatic nitrogens is 1. The van der Waals surface area contributed by atoms with E-state index in [1.54, 1.807) is 12.3 Å². The second-order valence-electron chi connectivity index (χ2n) is 6.33. The molecular formula is C12H21N5O3S2. The van der Waals surface area contributed by atoms with E-state index in [1.807, 2.05) is 20.8 Å². The summed E-state index contributed by atoms with van der Waals surface area (Å²) in [6, 6.07) is 0. The molecule has 1 atom stereocenters. The van der Waals surface area contributed by atoms with Crippen molar-refractivity contribution in [3.8, 4) is 0 Å². The molecule has 0 bridgehead atoms. The molecule has 22 heavy (non-hydrogen) atoms. The Balaban J connectivity index is 2.41. The van der Waals surface area contributed by atoms with Gasteiger partial charge in [-0.05, 0) is 27.7 Å². The molecule has 1 aromatic heterocycles. The van der Waals surface area contributed by atoms with Gasteiger partial charge in [0, 0.05) is 12.4 Å². The lowest BCUT2D eigenvalue weighted by Gasteiger charge is -2.35. The summed E-state index contributed by atoms with van der Waals surface area (Å²) in [5.41, 5.74) is 6.78. The van der Waals surface area contributed by atoms with E-state index >= 15 is 0 Å². The number of hydroxylamine groups is 1. The Morgan fingerprint density at radius 3 is 2.64 bits per heavy atom. The summed E-state index contributed by atoms with van der Waals surface area (Å²) < 4.78 is 25.9. The lowest BCUT2D eigenvalue weighted by Crippen LogP contribution is -2.53. The Morgan fingerprint density at radius 2 is 2.14 bits per heavy atom. The zero-order chi connectivity index (χ0) is 16.8. The molecule has 0 unspecified atom stereocenters. The summed E-state index contributed by atoms with van der Waals surface area (Å²) in [6.45, 7) is 7.25. The van der Waals surface area contributed by atoms with Gasteiger partial charge >= 0.3 is 0 Å². The average molecular weight is 347 g/mol. The van der Waals surface area contributed by atoms with E-state index in [1.165, 1.54) is 18.4 Å². The zero-order valence-electron chi connectivity index (χ0n) is 13.2. The van der Waals surface area contributed by atoms with Crippen LogP contribution < -0.4 is 11.2 Å². The maximum absolute atomic E-state index is 12.4. The average Bonchev–Trinajstić information content (AvgIpc) is 2.78. The Labute approximate surface area is 134 Å². The van der Waals surface area contributed by atoms with Gasteiger partial charge in [-0.1, -0.05) is 0 Å². The molecule has 0 aromatic carbocycles. The van der Waals surface area contributed by atoms with E-state index in [-0.39, 0.29) is 11.7 Å². The normalized spacial score (nSPS) is 25.0. The molecular weight excluding hydrogens is 326 g/mol. The third-order valence-electron chi connectivity index (χ3n) is 2.96. The van der Waals surface area contributed by atoms with Crippen LogP contribution in [0, 0.1) is 0 Å². The van der Waals surface area contributed by atoms with Crippen LogP contribution in [0.3, 0.4) is 0 Å². The fourth-order valence-electron chi connectivity index (χ4n) is 1.85. The van der Waals surface area contributed by atoms with Gasteiger partial charge in [-0.2, -0.15) is 0 Å². The van der Waals surface area contributed by atoms with Crippen molar-refractivity contribution in [2.75, 3.05) is 18.5 Å². The number of nitrogens with one attached hydrogen (secondary N) is 1. The third-order valence-corrected chi connectivity index (χ3v) is 6.01. The van der Waals surface area contributed by atoms with Gasteiger partial charge < -0.3 is 5.73 Å². The highest BCUT2D eigenvalue weighted by atomic mass is 32.2. The van der Waals surface area contributed by atoms with Crippen LogP contribution in [0.1, 0.15) is 32.7 Å². The molecule has 1 aliphatic heterocycles. The Hall–Kier alpha value is -1.39. The first-order valence-electron chi connectivity index (χ1n) is 6.65. The second kappa shape index (κ2) is 5.36. The molecule has 10 heteroatoms.